The Morgan fingerprint density at radius 2 is 1.95 bits per heavy atom. The summed E-state index contributed by atoms with van der Waals surface area (Å²) in [6.07, 6.45) is 8.73. The van der Waals surface area contributed by atoms with Crippen molar-refractivity contribution >= 4 is 11.8 Å². The molecule has 1 heterocycles. The van der Waals surface area contributed by atoms with Crippen molar-refractivity contribution in [1.82, 2.24) is 4.90 Å². The van der Waals surface area contributed by atoms with E-state index >= 15 is 0 Å². The van der Waals surface area contributed by atoms with Crippen molar-refractivity contribution in [2.75, 3.05) is 0 Å². The van der Waals surface area contributed by atoms with Crippen molar-refractivity contribution in [3.8, 4) is 0 Å². The van der Waals surface area contributed by atoms with Gasteiger partial charge in [0.1, 0.15) is 0 Å². The Balaban J connectivity index is 1.94. The monoisotopic (exact) mass is 287 g/mol. The molecule has 114 valence electrons. The van der Waals surface area contributed by atoms with Crippen molar-refractivity contribution in [1.29, 1.82) is 0 Å². The fourth-order valence-corrected chi connectivity index (χ4v) is 3.96. The number of allylic oxidation sites excluding steroid dienone is 2. The lowest BCUT2D eigenvalue weighted by Crippen LogP contribution is -2.49. The van der Waals surface area contributed by atoms with E-state index in [0.29, 0.717) is 0 Å². The Kier molecular flexibility index (Phi) is 2.83. The van der Waals surface area contributed by atoms with Gasteiger partial charge in [-0.2, -0.15) is 0 Å². The highest BCUT2D eigenvalue weighted by Gasteiger charge is 2.65. The topological polar surface area (TPSA) is 37.4 Å². The molecule has 0 aromatic rings. The van der Waals surface area contributed by atoms with Gasteiger partial charge in [0.25, 0.3) is 0 Å². The molecule has 3 atom stereocenters. The van der Waals surface area contributed by atoms with E-state index in [4.69, 9.17) is 0 Å². The normalized spacial score (nSPS) is 40.6. The van der Waals surface area contributed by atoms with Crippen molar-refractivity contribution in [2.45, 2.75) is 59.9 Å². The molecule has 1 aliphatic heterocycles. The zero-order valence-electron chi connectivity index (χ0n) is 13.7. The van der Waals surface area contributed by atoms with Gasteiger partial charge in [0.15, 0.2) is 0 Å². The number of hydrogen-bond donors (Lipinski definition) is 0. The number of amides is 2. The molecule has 0 aromatic carbocycles. The Labute approximate surface area is 127 Å². The summed E-state index contributed by atoms with van der Waals surface area (Å²) in [4.78, 5) is 27.5. The van der Waals surface area contributed by atoms with E-state index in [-0.39, 0.29) is 23.3 Å². The maximum atomic E-state index is 13.1. The van der Waals surface area contributed by atoms with E-state index in [1.165, 1.54) is 5.57 Å². The minimum absolute atomic E-state index is 0.0161. The van der Waals surface area contributed by atoms with E-state index in [2.05, 4.69) is 26.8 Å². The van der Waals surface area contributed by atoms with E-state index in [9.17, 15) is 9.59 Å². The largest absolute Gasteiger partial charge is 0.274 e. The molecule has 2 amide bonds. The first-order valence-electron chi connectivity index (χ1n) is 7.87. The maximum absolute atomic E-state index is 13.1. The number of likely N-dealkylation sites (tertiary alicyclic amines) is 1. The summed E-state index contributed by atoms with van der Waals surface area (Å²) in [5, 5.41) is 0. The van der Waals surface area contributed by atoms with Crippen LogP contribution < -0.4 is 0 Å². The molecule has 0 unspecified atom stereocenters. The van der Waals surface area contributed by atoms with E-state index in [1.807, 2.05) is 26.0 Å². The van der Waals surface area contributed by atoms with E-state index < -0.39 is 10.8 Å². The van der Waals surface area contributed by atoms with Crippen molar-refractivity contribution in [3.05, 3.63) is 23.8 Å². The molecule has 0 aromatic heterocycles. The van der Waals surface area contributed by atoms with E-state index in [1.54, 1.807) is 4.90 Å². The van der Waals surface area contributed by atoms with Crippen LogP contribution in [0.2, 0.25) is 0 Å². The van der Waals surface area contributed by atoms with Gasteiger partial charge in [0, 0.05) is 5.41 Å². The molecule has 1 fully saturated rings. The molecule has 2 aliphatic carbocycles. The Hall–Kier alpha value is -1.38. The van der Waals surface area contributed by atoms with Gasteiger partial charge in [0.2, 0.25) is 11.8 Å². The third-order valence-corrected chi connectivity index (χ3v) is 6.34. The first-order chi connectivity index (χ1) is 9.63. The van der Waals surface area contributed by atoms with Crippen LogP contribution in [0.5, 0.6) is 0 Å². The van der Waals surface area contributed by atoms with Crippen molar-refractivity contribution in [2.24, 2.45) is 16.2 Å². The van der Waals surface area contributed by atoms with Gasteiger partial charge in [-0.25, -0.2) is 0 Å². The predicted octanol–water partition coefficient (Wildman–Crippen LogP) is 3.46. The van der Waals surface area contributed by atoms with Crippen LogP contribution in [-0.4, -0.2) is 22.8 Å². The fourth-order valence-electron chi connectivity index (χ4n) is 3.96. The molecule has 3 rings (SSSR count). The number of fused-ring (bicyclic) bond motifs is 2. The first-order valence-corrected chi connectivity index (χ1v) is 7.87. The lowest BCUT2D eigenvalue weighted by atomic mass is 9.70. The minimum Gasteiger partial charge on any atom is -0.274 e. The molecule has 3 aliphatic rings. The average Bonchev–Trinajstić information content (AvgIpc) is 2.74. The molecular formula is C18H25NO2. The van der Waals surface area contributed by atoms with Gasteiger partial charge in [-0.3, -0.25) is 14.5 Å². The zero-order valence-corrected chi connectivity index (χ0v) is 13.7. The van der Waals surface area contributed by atoms with Crippen molar-refractivity contribution < 1.29 is 9.59 Å². The highest BCUT2D eigenvalue weighted by atomic mass is 16.2. The number of carbonyl (C=O) groups excluding carboxylic acids is 2. The number of nitrogens with zero attached hydrogens (tertiary/aromatic N) is 1. The molecule has 3 nitrogen and oxygen atoms in total. The third kappa shape index (κ3) is 1.66. The van der Waals surface area contributed by atoms with Crippen molar-refractivity contribution in [3.63, 3.8) is 0 Å². The van der Waals surface area contributed by atoms with Crippen LogP contribution >= 0.6 is 0 Å². The van der Waals surface area contributed by atoms with Crippen LogP contribution in [0, 0.1) is 16.2 Å². The molecule has 3 heteroatoms. The molecule has 0 radical (unpaired) electrons. The standard InChI is InChI=1S/C18H25NO2/c1-12-6-9-17(4,10-7-12)14(20)19-13-8-11-18(5,15(19)21)16(13,2)3/h6,8,11,13H,7,9-10H2,1-5H3/t13-,17-,18-/m0/s1. The van der Waals surface area contributed by atoms with Crippen LogP contribution in [0.15, 0.2) is 23.8 Å². The van der Waals surface area contributed by atoms with Crippen LogP contribution in [0.1, 0.15) is 53.9 Å². The second kappa shape index (κ2) is 4.08. The summed E-state index contributed by atoms with van der Waals surface area (Å²) in [5.41, 5.74) is 0.169. The summed E-state index contributed by atoms with van der Waals surface area (Å²) in [5.74, 6) is -0.0000926. The van der Waals surface area contributed by atoms with Gasteiger partial charge >= 0.3 is 0 Å². The summed E-state index contributed by atoms with van der Waals surface area (Å²) in [6.45, 7) is 10.3. The smallest absolute Gasteiger partial charge is 0.240 e. The Morgan fingerprint density at radius 1 is 1.29 bits per heavy atom. The highest BCUT2D eigenvalue weighted by Crippen LogP contribution is 2.57. The average molecular weight is 287 g/mol. The number of imide groups is 1. The summed E-state index contributed by atoms with van der Waals surface area (Å²) in [6, 6.07) is -0.0914. The fraction of sp³-hybridized carbons (Fsp3) is 0.667. The summed E-state index contributed by atoms with van der Waals surface area (Å²) >= 11 is 0. The Morgan fingerprint density at radius 3 is 2.43 bits per heavy atom. The molecule has 0 saturated carbocycles. The molecule has 21 heavy (non-hydrogen) atoms. The maximum Gasteiger partial charge on any atom is 0.240 e. The number of rotatable bonds is 1. The Bertz CT molecular complexity index is 586. The van der Waals surface area contributed by atoms with Gasteiger partial charge in [-0.15, -0.1) is 0 Å². The summed E-state index contributed by atoms with van der Waals surface area (Å²) in [7, 11) is 0. The van der Waals surface area contributed by atoms with Gasteiger partial charge in [-0.1, -0.05) is 44.6 Å². The SMILES string of the molecule is CC1=CC[C@](C)(C(=O)N2C(=O)[C@]3(C)C=C[C@H]2C3(C)C)CC1. The molecule has 1 saturated heterocycles. The van der Waals surface area contributed by atoms with E-state index in [0.717, 1.165) is 19.3 Å². The van der Waals surface area contributed by atoms with Gasteiger partial charge in [0.05, 0.1) is 16.9 Å². The van der Waals surface area contributed by atoms with Gasteiger partial charge < -0.3 is 0 Å². The highest BCUT2D eigenvalue weighted by molar-refractivity contribution is 6.05. The molecule has 0 N–H and O–H groups in total. The molecule has 2 bridgehead atoms. The quantitative estimate of drug-likeness (QED) is 0.547. The lowest BCUT2D eigenvalue weighted by molar-refractivity contribution is -0.152. The minimum atomic E-state index is -0.538. The zero-order chi connectivity index (χ0) is 15.6. The lowest BCUT2D eigenvalue weighted by Gasteiger charge is -2.37. The van der Waals surface area contributed by atoms with Crippen LogP contribution in [0.3, 0.4) is 0 Å². The molecular weight excluding hydrogens is 262 g/mol. The van der Waals surface area contributed by atoms with Crippen LogP contribution in [-0.2, 0) is 9.59 Å². The first kappa shape index (κ1) is 14.6. The number of hydrogen-bond acceptors (Lipinski definition) is 2. The number of carbonyl (C=O) groups is 2. The third-order valence-electron chi connectivity index (χ3n) is 6.34. The predicted molar refractivity (Wildman–Crippen MR) is 82.4 cm³/mol. The van der Waals surface area contributed by atoms with Crippen LogP contribution in [0.4, 0.5) is 0 Å². The summed E-state index contributed by atoms with van der Waals surface area (Å²) < 4.78 is 0. The van der Waals surface area contributed by atoms with Crippen LogP contribution in [0.25, 0.3) is 0 Å². The molecule has 0 spiro atoms. The second-order valence-corrected chi connectivity index (χ2v) is 8.02. The second-order valence-electron chi connectivity index (χ2n) is 8.02. The van der Waals surface area contributed by atoms with Gasteiger partial charge in [-0.05, 0) is 33.1 Å².